The fourth-order valence-corrected chi connectivity index (χ4v) is 1.74. The summed E-state index contributed by atoms with van der Waals surface area (Å²) < 4.78 is 88.1. The highest BCUT2D eigenvalue weighted by molar-refractivity contribution is 5.94. The fraction of sp³-hybridized carbons (Fsp3) is 0.462. The zero-order chi connectivity index (χ0) is 17.3. The monoisotopic (exact) mass is 332 g/mol. The van der Waals surface area contributed by atoms with Crippen LogP contribution in [0.2, 0.25) is 0 Å². The van der Waals surface area contributed by atoms with Crippen LogP contribution in [0.15, 0.2) is 24.3 Å². The van der Waals surface area contributed by atoms with Gasteiger partial charge >= 0.3 is 18.0 Å². The van der Waals surface area contributed by atoms with E-state index in [2.05, 4.69) is 0 Å². The number of carbonyl (C=O) groups is 1. The molecule has 0 saturated heterocycles. The van der Waals surface area contributed by atoms with Crippen LogP contribution in [0, 0.1) is 0 Å². The lowest BCUT2D eigenvalue weighted by molar-refractivity contribution is -0.347. The lowest BCUT2D eigenvalue weighted by Gasteiger charge is -2.31. The normalized spacial score (nSPS) is 14.8. The van der Waals surface area contributed by atoms with Gasteiger partial charge in [0.1, 0.15) is 0 Å². The number of ketones is 1. The molecule has 0 aromatic heterocycles. The highest BCUT2D eigenvalue weighted by Gasteiger charge is 2.72. The van der Waals surface area contributed by atoms with Crippen molar-refractivity contribution in [2.24, 2.45) is 0 Å². The van der Waals surface area contributed by atoms with Gasteiger partial charge in [-0.15, -0.1) is 0 Å². The van der Waals surface area contributed by atoms with Gasteiger partial charge in [-0.2, -0.15) is 26.3 Å². The molecule has 124 valence electrons. The Kier molecular flexibility index (Phi) is 4.91. The number of halogens is 7. The first-order valence-corrected chi connectivity index (χ1v) is 5.91. The molecule has 0 amide bonds. The minimum atomic E-state index is -6.23. The molecule has 0 spiro atoms. The molecule has 1 aromatic rings. The van der Waals surface area contributed by atoms with Crippen molar-refractivity contribution in [2.75, 3.05) is 0 Å². The first-order chi connectivity index (χ1) is 9.79. The number of hydrogen-bond acceptors (Lipinski definition) is 2. The second-order valence-corrected chi connectivity index (χ2v) is 4.70. The second kappa shape index (κ2) is 5.86. The summed E-state index contributed by atoms with van der Waals surface area (Å²) in [6.07, 6.45) is -17.1. The van der Waals surface area contributed by atoms with E-state index in [4.69, 9.17) is 0 Å². The minimum absolute atomic E-state index is 0.0278. The van der Waals surface area contributed by atoms with Gasteiger partial charge in [0.05, 0.1) is 6.10 Å². The maximum Gasteiger partial charge on any atom is 0.431 e. The molecular weight excluding hydrogens is 321 g/mol. The molecule has 0 aliphatic rings. The Hall–Kier alpha value is -1.64. The lowest BCUT2D eigenvalue weighted by Crippen LogP contribution is -2.54. The van der Waals surface area contributed by atoms with Gasteiger partial charge in [0.25, 0.3) is 0 Å². The lowest BCUT2D eigenvalue weighted by atomic mass is 9.92. The van der Waals surface area contributed by atoms with Gasteiger partial charge in [0.15, 0.2) is 5.78 Å². The molecule has 2 nitrogen and oxygen atoms in total. The molecule has 1 unspecified atom stereocenters. The van der Waals surface area contributed by atoms with Crippen molar-refractivity contribution in [3.63, 3.8) is 0 Å². The molecule has 0 heterocycles. The summed E-state index contributed by atoms with van der Waals surface area (Å²) in [6.45, 7) is 1.12. The van der Waals surface area contributed by atoms with Crippen molar-refractivity contribution in [1.29, 1.82) is 0 Å². The van der Waals surface area contributed by atoms with Crippen molar-refractivity contribution >= 4 is 5.78 Å². The van der Waals surface area contributed by atoms with Gasteiger partial charge in [-0.05, 0) is 18.6 Å². The molecule has 1 atom stereocenters. The molecular formula is C13H11F7O2. The Morgan fingerprint density at radius 2 is 1.59 bits per heavy atom. The Bertz CT molecular complexity index is 534. The number of aliphatic hydroxyl groups excluding tert-OH is 1. The molecule has 0 aliphatic heterocycles. The molecule has 1 aromatic carbocycles. The van der Waals surface area contributed by atoms with E-state index in [0.717, 1.165) is 25.1 Å². The Labute approximate surface area is 120 Å². The quantitative estimate of drug-likeness (QED) is 0.664. The van der Waals surface area contributed by atoms with Crippen LogP contribution in [0.3, 0.4) is 0 Å². The predicted molar refractivity (Wildman–Crippen MR) is 62.0 cm³/mol. The fourth-order valence-electron chi connectivity index (χ4n) is 1.74. The van der Waals surface area contributed by atoms with Crippen LogP contribution in [0.1, 0.15) is 35.4 Å². The first-order valence-electron chi connectivity index (χ1n) is 5.91. The van der Waals surface area contributed by atoms with Crippen molar-refractivity contribution in [3.8, 4) is 0 Å². The van der Waals surface area contributed by atoms with Crippen LogP contribution in [0.5, 0.6) is 0 Å². The largest absolute Gasteiger partial charge is 0.431 e. The summed E-state index contributed by atoms with van der Waals surface area (Å²) in [5.41, 5.74) is -5.99. The van der Waals surface area contributed by atoms with Gasteiger partial charge in [0, 0.05) is 12.0 Å². The van der Waals surface area contributed by atoms with E-state index in [0.29, 0.717) is 0 Å². The zero-order valence-corrected chi connectivity index (χ0v) is 11.1. The average molecular weight is 332 g/mol. The molecule has 0 aliphatic carbocycles. The third-order valence-electron chi connectivity index (χ3n) is 3.05. The number of carbonyl (C=O) groups excluding carboxylic acids is 1. The van der Waals surface area contributed by atoms with E-state index in [1.165, 1.54) is 6.07 Å². The van der Waals surface area contributed by atoms with Crippen LogP contribution in [0.4, 0.5) is 30.7 Å². The van der Waals surface area contributed by atoms with E-state index in [1.807, 2.05) is 0 Å². The minimum Gasteiger partial charge on any atom is -0.388 e. The van der Waals surface area contributed by atoms with Crippen LogP contribution >= 0.6 is 0 Å². The van der Waals surface area contributed by atoms with E-state index in [9.17, 15) is 40.6 Å². The van der Waals surface area contributed by atoms with Gasteiger partial charge < -0.3 is 5.11 Å². The highest BCUT2D eigenvalue weighted by atomic mass is 19.4. The number of Topliss-reactive ketones (excluding diaryl/α,β-unsaturated/α-hetero) is 1. The van der Waals surface area contributed by atoms with Crippen molar-refractivity contribution < 1.29 is 40.6 Å². The Balaban J connectivity index is 3.15. The number of hydrogen-bond donors (Lipinski definition) is 1. The molecule has 1 rings (SSSR count). The maximum atomic E-state index is 13.5. The molecule has 1 N–H and O–H groups in total. The van der Waals surface area contributed by atoms with Crippen LogP contribution in [-0.4, -0.2) is 28.9 Å². The topological polar surface area (TPSA) is 37.3 Å². The van der Waals surface area contributed by atoms with Gasteiger partial charge in [-0.3, -0.25) is 4.79 Å². The highest BCUT2D eigenvalue weighted by Crippen LogP contribution is 2.50. The summed E-state index contributed by atoms with van der Waals surface area (Å²) in [5, 5.41) is 9.54. The zero-order valence-electron chi connectivity index (χ0n) is 11.1. The number of benzene rings is 1. The standard InChI is InChI=1S/C13H11F7O2/c1-7(21)8-3-2-4-9(5-8)10(22)6-11(14,12(15,16)17)13(18,19)20/h2-5,10,22H,6H2,1H3. The van der Waals surface area contributed by atoms with E-state index in [1.54, 1.807) is 0 Å². The Morgan fingerprint density at radius 3 is 2.00 bits per heavy atom. The first kappa shape index (κ1) is 18.4. The molecule has 0 radical (unpaired) electrons. The second-order valence-electron chi connectivity index (χ2n) is 4.70. The summed E-state index contributed by atoms with van der Waals surface area (Å²) in [7, 11) is 0. The van der Waals surface area contributed by atoms with Crippen molar-refractivity contribution in [3.05, 3.63) is 35.4 Å². The molecule has 0 bridgehead atoms. The number of alkyl halides is 7. The third-order valence-corrected chi connectivity index (χ3v) is 3.05. The summed E-state index contributed by atoms with van der Waals surface area (Å²) in [4.78, 5) is 11.1. The van der Waals surface area contributed by atoms with Gasteiger partial charge in [0.2, 0.25) is 0 Å². The molecule has 0 fully saturated rings. The number of rotatable bonds is 4. The smallest absolute Gasteiger partial charge is 0.388 e. The average Bonchev–Trinajstić information content (AvgIpc) is 2.36. The van der Waals surface area contributed by atoms with Gasteiger partial charge in [-0.1, -0.05) is 18.2 Å². The maximum absolute atomic E-state index is 13.5. The van der Waals surface area contributed by atoms with E-state index >= 15 is 0 Å². The SMILES string of the molecule is CC(=O)c1cccc(C(O)CC(F)(C(F)(F)F)C(F)(F)F)c1. The van der Waals surface area contributed by atoms with Crippen LogP contribution < -0.4 is 0 Å². The Morgan fingerprint density at radius 1 is 1.09 bits per heavy atom. The van der Waals surface area contributed by atoms with Crippen LogP contribution in [0.25, 0.3) is 0 Å². The predicted octanol–water partition coefficient (Wildman–Crippen LogP) is 4.15. The molecule has 0 saturated carbocycles. The summed E-state index contributed by atoms with van der Waals surface area (Å²) in [6, 6.07) is 4.34. The van der Waals surface area contributed by atoms with Crippen molar-refractivity contribution in [1.82, 2.24) is 0 Å². The third kappa shape index (κ3) is 3.57. The van der Waals surface area contributed by atoms with Crippen molar-refractivity contribution in [2.45, 2.75) is 37.5 Å². The van der Waals surface area contributed by atoms with E-state index in [-0.39, 0.29) is 5.56 Å². The van der Waals surface area contributed by atoms with Crippen LogP contribution in [-0.2, 0) is 0 Å². The van der Waals surface area contributed by atoms with Gasteiger partial charge in [-0.25, -0.2) is 4.39 Å². The number of aliphatic hydroxyl groups is 1. The molecule has 22 heavy (non-hydrogen) atoms. The molecule has 9 heteroatoms. The summed E-state index contributed by atoms with van der Waals surface area (Å²) >= 11 is 0. The van der Waals surface area contributed by atoms with E-state index < -0.39 is 41.9 Å². The summed E-state index contributed by atoms with van der Waals surface area (Å²) in [5.74, 6) is -0.507.